The Kier molecular flexibility index (Phi) is 6.09. The number of anilines is 1. The van der Waals surface area contributed by atoms with E-state index in [0.717, 1.165) is 11.1 Å². The molecule has 3 aromatic carbocycles. The molecule has 3 aromatic rings. The molecule has 1 amide bonds. The Morgan fingerprint density at radius 3 is 2.15 bits per heavy atom. The zero-order chi connectivity index (χ0) is 18.9. The number of nitrogens with two attached hydrogens (primary N) is 1. The van der Waals surface area contributed by atoms with Crippen LogP contribution < -0.4 is 11.2 Å². The van der Waals surface area contributed by atoms with Crippen LogP contribution in [0.2, 0.25) is 0 Å². The molecule has 0 aliphatic carbocycles. The maximum Gasteiger partial charge on any atom is 0.271 e. The van der Waals surface area contributed by atoms with Gasteiger partial charge < -0.3 is 5.73 Å². The first kappa shape index (κ1) is 18.1. The molecule has 0 unspecified atom stereocenters. The highest BCUT2D eigenvalue weighted by Gasteiger charge is 2.02. The minimum Gasteiger partial charge on any atom is -0.399 e. The van der Waals surface area contributed by atoms with Crippen molar-refractivity contribution in [3.05, 3.63) is 101 Å². The van der Waals surface area contributed by atoms with Gasteiger partial charge in [-0.25, -0.2) is 5.43 Å². The zero-order valence-corrected chi connectivity index (χ0v) is 14.7. The number of aliphatic imine (C=N–C) groups is 1. The molecule has 0 spiro atoms. The quantitative estimate of drug-likeness (QED) is 0.402. The highest BCUT2D eigenvalue weighted by molar-refractivity contribution is 5.95. The van der Waals surface area contributed by atoms with Crippen molar-refractivity contribution >= 4 is 24.0 Å². The van der Waals surface area contributed by atoms with Crippen LogP contribution in [0.15, 0.2) is 89.0 Å². The van der Waals surface area contributed by atoms with Crippen molar-refractivity contribution < 1.29 is 4.79 Å². The van der Waals surface area contributed by atoms with E-state index < -0.39 is 0 Å². The van der Waals surface area contributed by atoms with Gasteiger partial charge in [0, 0.05) is 17.5 Å². The van der Waals surface area contributed by atoms with Crippen LogP contribution in [-0.4, -0.2) is 18.3 Å². The number of carbonyl (C=O) groups is 1. The van der Waals surface area contributed by atoms with Crippen molar-refractivity contribution in [3.8, 4) is 0 Å². The van der Waals surface area contributed by atoms with E-state index in [-0.39, 0.29) is 5.91 Å². The Morgan fingerprint density at radius 1 is 0.852 bits per heavy atom. The highest BCUT2D eigenvalue weighted by atomic mass is 16.2. The summed E-state index contributed by atoms with van der Waals surface area (Å²) in [4.78, 5) is 16.4. The third-order valence-electron chi connectivity index (χ3n) is 3.85. The van der Waals surface area contributed by atoms with Gasteiger partial charge in [0.05, 0.1) is 12.8 Å². The lowest BCUT2D eigenvalue weighted by atomic mass is 10.1. The Balaban J connectivity index is 1.51. The van der Waals surface area contributed by atoms with E-state index in [2.05, 4.69) is 27.7 Å². The number of hydrogen-bond acceptors (Lipinski definition) is 4. The molecule has 0 atom stereocenters. The largest absolute Gasteiger partial charge is 0.399 e. The average molecular weight is 356 g/mol. The van der Waals surface area contributed by atoms with Crippen molar-refractivity contribution in [2.24, 2.45) is 10.1 Å². The van der Waals surface area contributed by atoms with Gasteiger partial charge in [-0.15, -0.1) is 0 Å². The Bertz CT molecular complexity index is 930. The molecule has 0 aliphatic heterocycles. The van der Waals surface area contributed by atoms with Gasteiger partial charge in [-0.1, -0.05) is 54.6 Å². The number of carbonyl (C=O) groups excluding carboxylic acids is 1. The molecule has 0 saturated carbocycles. The van der Waals surface area contributed by atoms with E-state index in [1.165, 1.54) is 5.56 Å². The van der Waals surface area contributed by atoms with E-state index >= 15 is 0 Å². The summed E-state index contributed by atoms with van der Waals surface area (Å²) in [5.74, 6) is -0.282. The zero-order valence-electron chi connectivity index (χ0n) is 14.7. The molecule has 3 rings (SSSR count). The minimum absolute atomic E-state index is 0.282. The van der Waals surface area contributed by atoms with Crippen molar-refractivity contribution in [1.82, 2.24) is 5.43 Å². The van der Waals surface area contributed by atoms with Crippen LogP contribution in [0.25, 0.3) is 0 Å². The molecule has 134 valence electrons. The van der Waals surface area contributed by atoms with Gasteiger partial charge in [0.2, 0.25) is 0 Å². The Morgan fingerprint density at radius 2 is 1.48 bits per heavy atom. The van der Waals surface area contributed by atoms with Crippen LogP contribution in [0.3, 0.4) is 0 Å². The first-order chi connectivity index (χ1) is 13.2. The number of nitrogens with zero attached hydrogens (tertiary/aromatic N) is 2. The normalized spacial score (nSPS) is 11.1. The van der Waals surface area contributed by atoms with Crippen LogP contribution >= 0.6 is 0 Å². The third kappa shape index (κ3) is 5.64. The topological polar surface area (TPSA) is 79.8 Å². The molecular weight excluding hydrogens is 336 g/mol. The summed E-state index contributed by atoms with van der Waals surface area (Å²) in [6, 6.07) is 24.5. The van der Waals surface area contributed by atoms with Crippen LogP contribution in [0.1, 0.15) is 27.0 Å². The maximum atomic E-state index is 12.0. The molecule has 0 bridgehead atoms. The van der Waals surface area contributed by atoms with Gasteiger partial charge in [-0.2, -0.15) is 5.10 Å². The number of nitrogens with one attached hydrogen (secondary N) is 1. The molecular formula is C22H20N4O. The van der Waals surface area contributed by atoms with Crippen LogP contribution in [0.5, 0.6) is 0 Å². The van der Waals surface area contributed by atoms with Crippen molar-refractivity contribution in [3.63, 3.8) is 0 Å². The molecule has 5 nitrogen and oxygen atoms in total. The second kappa shape index (κ2) is 9.10. The lowest BCUT2D eigenvalue weighted by molar-refractivity contribution is 0.0955. The van der Waals surface area contributed by atoms with E-state index in [9.17, 15) is 4.79 Å². The molecule has 27 heavy (non-hydrogen) atoms. The molecule has 0 saturated heterocycles. The summed E-state index contributed by atoms with van der Waals surface area (Å²) in [5.41, 5.74) is 12.3. The first-order valence-corrected chi connectivity index (χ1v) is 8.53. The SMILES string of the molecule is Nc1ccc(C(=O)N/N=C/c2ccc(C=NCc3ccccc3)cc2)cc1. The van der Waals surface area contributed by atoms with Gasteiger partial charge >= 0.3 is 0 Å². The Hall–Kier alpha value is -3.73. The van der Waals surface area contributed by atoms with Gasteiger partial charge in [0.25, 0.3) is 5.91 Å². The second-order valence-corrected chi connectivity index (χ2v) is 5.94. The monoisotopic (exact) mass is 356 g/mol. The average Bonchev–Trinajstić information content (AvgIpc) is 2.70. The lowest BCUT2D eigenvalue weighted by Crippen LogP contribution is -2.17. The molecule has 0 aromatic heterocycles. The number of nitrogen functional groups attached to an aromatic ring is 1. The van der Waals surface area contributed by atoms with Gasteiger partial charge in [0.1, 0.15) is 0 Å². The summed E-state index contributed by atoms with van der Waals surface area (Å²) in [6.45, 7) is 0.654. The number of hydrazone groups is 1. The van der Waals surface area contributed by atoms with Crippen molar-refractivity contribution in [2.45, 2.75) is 6.54 Å². The van der Waals surface area contributed by atoms with Crippen molar-refractivity contribution in [1.29, 1.82) is 0 Å². The number of benzene rings is 3. The first-order valence-electron chi connectivity index (χ1n) is 8.53. The van der Waals surface area contributed by atoms with E-state index in [1.54, 1.807) is 30.5 Å². The summed E-state index contributed by atoms with van der Waals surface area (Å²) in [7, 11) is 0. The van der Waals surface area contributed by atoms with Gasteiger partial charge in [0.15, 0.2) is 0 Å². The summed E-state index contributed by atoms with van der Waals surface area (Å²) in [5, 5.41) is 3.98. The third-order valence-corrected chi connectivity index (χ3v) is 3.85. The smallest absolute Gasteiger partial charge is 0.271 e. The molecule has 0 aliphatic rings. The standard InChI is InChI=1S/C22H20N4O/c23-21-12-10-20(11-13-21)22(27)26-25-16-19-8-6-18(7-9-19)15-24-14-17-4-2-1-3-5-17/h1-13,15-16H,14,23H2,(H,26,27)/b24-15?,25-16+. The highest BCUT2D eigenvalue weighted by Crippen LogP contribution is 2.05. The predicted octanol–water partition coefficient (Wildman–Crippen LogP) is 3.65. The molecule has 3 N–H and O–H groups in total. The fourth-order valence-corrected chi connectivity index (χ4v) is 2.37. The minimum atomic E-state index is -0.282. The van der Waals surface area contributed by atoms with Crippen molar-refractivity contribution in [2.75, 3.05) is 5.73 Å². The van der Waals surface area contributed by atoms with Gasteiger partial charge in [-0.3, -0.25) is 9.79 Å². The predicted molar refractivity (Wildman–Crippen MR) is 110 cm³/mol. The van der Waals surface area contributed by atoms with Gasteiger partial charge in [-0.05, 0) is 41.0 Å². The fraction of sp³-hybridized carbons (Fsp3) is 0.0455. The van der Waals surface area contributed by atoms with Crippen LogP contribution in [0.4, 0.5) is 5.69 Å². The number of amides is 1. The van der Waals surface area contributed by atoms with E-state index in [1.807, 2.05) is 48.7 Å². The molecule has 0 radical (unpaired) electrons. The summed E-state index contributed by atoms with van der Waals surface area (Å²) >= 11 is 0. The molecule has 0 heterocycles. The Labute approximate surface area is 158 Å². The summed E-state index contributed by atoms with van der Waals surface area (Å²) < 4.78 is 0. The van der Waals surface area contributed by atoms with Crippen LogP contribution in [-0.2, 0) is 6.54 Å². The maximum absolute atomic E-state index is 12.0. The fourth-order valence-electron chi connectivity index (χ4n) is 2.37. The van der Waals surface area contributed by atoms with E-state index in [4.69, 9.17) is 5.73 Å². The number of rotatable bonds is 6. The molecule has 0 fully saturated rings. The summed E-state index contributed by atoms with van der Waals surface area (Å²) in [6.07, 6.45) is 3.44. The molecule has 5 heteroatoms. The number of hydrogen-bond donors (Lipinski definition) is 2. The van der Waals surface area contributed by atoms with E-state index in [0.29, 0.717) is 17.8 Å². The van der Waals surface area contributed by atoms with Crippen LogP contribution in [0, 0.1) is 0 Å². The second-order valence-electron chi connectivity index (χ2n) is 5.94. The lowest BCUT2D eigenvalue weighted by Gasteiger charge is -2.00.